The number of rotatable bonds is 8. The van der Waals surface area contributed by atoms with E-state index in [9.17, 15) is 32.3 Å². The smallest absolute Gasteiger partial charge is 0.411 e. The molecular formula is C31H26F7N5O6. The first-order chi connectivity index (χ1) is 23.1. The fraction of sp³-hybridized carbons (Fsp3) is 0.323. The number of hydrogen-bond donors (Lipinski definition) is 1. The van der Waals surface area contributed by atoms with Crippen molar-refractivity contribution in [3.05, 3.63) is 98.0 Å². The molecular weight excluding hydrogens is 671 g/mol. The van der Waals surface area contributed by atoms with Crippen molar-refractivity contribution in [1.29, 1.82) is 0 Å². The van der Waals surface area contributed by atoms with Crippen LogP contribution in [0.5, 0.6) is 0 Å². The molecule has 0 radical (unpaired) electrons. The predicted molar refractivity (Wildman–Crippen MR) is 158 cm³/mol. The summed E-state index contributed by atoms with van der Waals surface area (Å²) in [5, 5.41) is 1.98. The highest BCUT2D eigenvalue weighted by atomic mass is 19.4. The van der Waals surface area contributed by atoms with E-state index in [0.29, 0.717) is 29.2 Å². The number of esters is 1. The van der Waals surface area contributed by atoms with Gasteiger partial charge in [-0.1, -0.05) is 0 Å². The molecule has 1 aliphatic rings. The van der Waals surface area contributed by atoms with Crippen molar-refractivity contribution < 1.29 is 49.8 Å². The highest BCUT2D eigenvalue weighted by Gasteiger charge is 2.46. The number of amides is 1. The van der Waals surface area contributed by atoms with Crippen molar-refractivity contribution in [1.82, 2.24) is 19.4 Å². The second-order valence-electron chi connectivity index (χ2n) is 10.9. The molecule has 1 aliphatic heterocycles. The number of carbonyl (C=O) groups is 2. The van der Waals surface area contributed by atoms with Crippen LogP contribution in [0.3, 0.4) is 0 Å². The lowest BCUT2D eigenvalue weighted by Gasteiger charge is -2.38. The van der Waals surface area contributed by atoms with Crippen molar-refractivity contribution in [2.75, 3.05) is 31.3 Å². The lowest BCUT2D eigenvalue weighted by molar-refractivity contribution is -0.167. The van der Waals surface area contributed by atoms with Crippen LogP contribution in [0, 0.1) is 23.3 Å². The maximum atomic E-state index is 15.5. The number of ether oxygens (including phenoxy) is 2. The molecule has 0 spiro atoms. The zero-order valence-electron chi connectivity index (χ0n) is 25.6. The Morgan fingerprint density at radius 1 is 1.06 bits per heavy atom. The van der Waals surface area contributed by atoms with Gasteiger partial charge in [0.05, 0.1) is 36.9 Å². The number of nitrogens with zero attached hydrogens (tertiary/aromatic N) is 4. The third-order valence-corrected chi connectivity index (χ3v) is 7.78. The minimum Gasteiger partial charge on any atom is -0.464 e. The van der Waals surface area contributed by atoms with Crippen molar-refractivity contribution in [3.8, 4) is 5.69 Å². The topological polar surface area (TPSA) is 125 Å². The van der Waals surface area contributed by atoms with E-state index < -0.39 is 94.6 Å². The third kappa shape index (κ3) is 6.85. The molecule has 49 heavy (non-hydrogen) atoms. The summed E-state index contributed by atoms with van der Waals surface area (Å²) in [6.07, 6.45) is -3.03. The first kappa shape index (κ1) is 35.1. The van der Waals surface area contributed by atoms with Gasteiger partial charge < -0.3 is 19.7 Å². The number of aryl methyl sites for hydroxylation is 1. The number of anilines is 1. The predicted octanol–water partition coefficient (Wildman–Crippen LogP) is 3.31. The summed E-state index contributed by atoms with van der Waals surface area (Å²) in [4.78, 5) is 56.3. The second-order valence-corrected chi connectivity index (χ2v) is 10.9. The Balaban J connectivity index is 1.45. The average Bonchev–Trinajstić information content (AvgIpc) is 3.04. The molecule has 11 nitrogen and oxygen atoms in total. The largest absolute Gasteiger partial charge is 0.464 e. The number of halogens is 7. The molecule has 2 aromatic carbocycles. The first-order valence-electron chi connectivity index (χ1n) is 14.6. The number of nitrogens with one attached hydrogen (secondary N) is 1. The number of morpholine rings is 1. The van der Waals surface area contributed by atoms with Crippen LogP contribution in [0.15, 0.2) is 52.3 Å². The minimum absolute atomic E-state index is 0.0670. The van der Waals surface area contributed by atoms with Crippen LogP contribution in [-0.2, 0) is 27.7 Å². The fourth-order valence-electron chi connectivity index (χ4n) is 5.47. The van der Waals surface area contributed by atoms with Crippen LogP contribution in [0.25, 0.3) is 16.6 Å². The second kappa shape index (κ2) is 13.7. The van der Waals surface area contributed by atoms with Crippen LogP contribution >= 0.6 is 0 Å². The van der Waals surface area contributed by atoms with Gasteiger partial charge >= 0.3 is 17.8 Å². The third-order valence-electron chi connectivity index (χ3n) is 7.78. The van der Waals surface area contributed by atoms with E-state index in [0.717, 1.165) is 4.57 Å². The van der Waals surface area contributed by atoms with Gasteiger partial charge in [-0.25, -0.2) is 31.7 Å². The SMILES string of the molecule is CCOC(=O)[C@H](Cc1cc(F)c(-n2c(=O)c3ccncc3n(C)c2=O)c(F)c1)NC(=O)c1c(F)cc(N2CCOC[C@@H]2C(F)(F)F)cc1F. The maximum Gasteiger partial charge on any atom is 0.411 e. The van der Waals surface area contributed by atoms with Crippen LogP contribution in [-0.4, -0.2) is 70.6 Å². The van der Waals surface area contributed by atoms with Crippen LogP contribution < -0.4 is 21.5 Å². The monoisotopic (exact) mass is 697 g/mol. The molecule has 2 aromatic heterocycles. The summed E-state index contributed by atoms with van der Waals surface area (Å²) in [6.45, 7) is -0.123. The van der Waals surface area contributed by atoms with Gasteiger partial charge in [-0.3, -0.25) is 19.1 Å². The van der Waals surface area contributed by atoms with Crippen molar-refractivity contribution >= 4 is 28.5 Å². The molecule has 1 N–H and O–H groups in total. The number of benzene rings is 2. The summed E-state index contributed by atoms with van der Waals surface area (Å²) in [5.41, 5.74) is -5.11. The van der Waals surface area contributed by atoms with E-state index in [-0.39, 0.29) is 40.8 Å². The van der Waals surface area contributed by atoms with Gasteiger partial charge in [0.25, 0.3) is 11.5 Å². The fourth-order valence-corrected chi connectivity index (χ4v) is 5.47. The molecule has 1 fully saturated rings. The molecule has 260 valence electrons. The van der Waals surface area contributed by atoms with E-state index in [1.165, 1.54) is 32.4 Å². The summed E-state index contributed by atoms with van der Waals surface area (Å²) < 4.78 is 113. The Morgan fingerprint density at radius 2 is 1.71 bits per heavy atom. The van der Waals surface area contributed by atoms with Crippen molar-refractivity contribution in [2.24, 2.45) is 7.05 Å². The van der Waals surface area contributed by atoms with Gasteiger partial charge in [-0.05, 0) is 42.8 Å². The highest BCUT2D eigenvalue weighted by Crippen LogP contribution is 2.33. The lowest BCUT2D eigenvalue weighted by atomic mass is 10.0. The molecule has 4 aromatic rings. The normalized spacial score (nSPS) is 15.7. The van der Waals surface area contributed by atoms with Gasteiger partial charge in [0.1, 0.15) is 35.0 Å². The molecule has 1 amide bonds. The number of hydrogen-bond acceptors (Lipinski definition) is 8. The molecule has 3 heterocycles. The van der Waals surface area contributed by atoms with Gasteiger partial charge in [0, 0.05) is 31.9 Å². The molecule has 1 saturated heterocycles. The number of pyridine rings is 1. The summed E-state index contributed by atoms with van der Waals surface area (Å²) >= 11 is 0. The van der Waals surface area contributed by atoms with E-state index in [1.807, 2.05) is 5.32 Å². The quantitative estimate of drug-likeness (QED) is 0.220. The number of aromatic nitrogens is 3. The molecule has 0 saturated carbocycles. The van der Waals surface area contributed by atoms with E-state index in [2.05, 4.69) is 4.98 Å². The zero-order valence-corrected chi connectivity index (χ0v) is 25.6. The number of carbonyl (C=O) groups excluding carboxylic acids is 2. The Hall–Kier alpha value is -5.26. The molecule has 0 bridgehead atoms. The Morgan fingerprint density at radius 3 is 2.33 bits per heavy atom. The minimum atomic E-state index is -4.80. The molecule has 0 aliphatic carbocycles. The number of alkyl halides is 3. The highest BCUT2D eigenvalue weighted by molar-refractivity contribution is 5.97. The van der Waals surface area contributed by atoms with Crippen molar-refractivity contribution in [2.45, 2.75) is 31.6 Å². The van der Waals surface area contributed by atoms with Gasteiger partial charge in [-0.2, -0.15) is 13.2 Å². The first-order valence-corrected chi connectivity index (χ1v) is 14.6. The van der Waals surface area contributed by atoms with E-state index in [1.54, 1.807) is 0 Å². The lowest BCUT2D eigenvalue weighted by Crippen LogP contribution is -2.53. The van der Waals surface area contributed by atoms with Gasteiger partial charge in [-0.15, -0.1) is 0 Å². The molecule has 2 atom stereocenters. The maximum absolute atomic E-state index is 15.5. The standard InChI is InChI=1S/C31H26F7N5O6/c1-3-49-29(46)22(40-27(44)25-18(32)11-16(12-19(25)33)42-6-7-48-14-24(42)31(36,37)38)10-15-8-20(34)26(21(35)9-15)43-28(45)17-4-5-39-13-23(17)41(2)30(43)47/h4-5,8-9,11-13,22,24H,3,6-7,10,14H2,1-2H3,(H,40,44)/t22-,24+/m0/s1. The zero-order chi connectivity index (χ0) is 35.8. The summed E-state index contributed by atoms with van der Waals surface area (Å²) in [6, 6.07) is -0.302. The molecule has 18 heteroatoms. The van der Waals surface area contributed by atoms with Crippen molar-refractivity contribution in [3.63, 3.8) is 0 Å². The Labute approximate surface area is 271 Å². The average molecular weight is 698 g/mol. The van der Waals surface area contributed by atoms with Crippen LogP contribution in [0.2, 0.25) is 0 Å². The van der Waals surface area contributed by atoms with E-state index >= 15 is 17.6 Å². The van der Waals surface area contributed by atoms with Gasteiger partial charge in [0.15, 0.2) is 11.6 Å². The molecule has 5 rings (SSSR count). The Kier molecular flexibility index (Phi) is 9.80. The summed E-state index contributed by atoms with van der Waals surface area (Å²) in [5.74, 6) is -8.58. The molecule has 0 unspecified atom stereocenters. The Bertz CT molecular complexity index is 2020. The van der Waals surface area contributed by atoms with Gasteiger partial charge in [0.2, 0.25) is 0 Å². The number of fused-ring (bicyclic) bond motifs is 1. The van der Waals surface area contributed by atoms with Crippen LogP contribution in [0.4, 0.5) is 36.4 Å². The summed E-state index contributed by atoms with van der Waals surface area (Å²) in [7, 11) is 1.26. The van der Waals surface area contributed by atoms with Crippen LogP contribution in [0.1, 0.15) is 22.8 Å². The van der Waals surface area contributed by atoms with E-state index in [4.69, 9.17) is 9.47 Å².